The van der Waals surface area contributed by atoms with Crippen LogP contribution < -0.4 is 5.32 Å². The number of alkyl carbamates (subject to hydrolysis) is 1. The summed E-state index contributed by atoms with van der Waals surface area (Å²) in [5.41, 5.74) is 1.61. The summed E-state index contributed by atoms with van der Waals surface area (Å²) >= 11 is 0. The first kappa shape index (κ1) is 21.0. The van der Waals surface area contributed by atoms with Crippen LogP contribution in [0, 0.1) is 0 Å². The molecule has 5 heteroatoms. The maximum atomic E-state index is 11.8. The van der Waals surface area contributed by atoms with Gasteiger partial charge in [0.05, 0.1) is 6.04 Å². The van der Waals surface area contributed by atoms with Crippen molar-refractivity contribution in [1.29, 1.82) is 0 Å². The van der Waals surface area contributed by atoms with E-state index in [0.29, 0.717) is 6.42 Å². The summed E-state index contributed by atoms with van der Waals surface area (Å²) in [4.78, 5) is 25.3. The molecule has 5 nitrogen and oxygen atoms in total. The molecular weight excluding hydrogens is 316 g/mol. The predicted octanol–water partition coefficient (Wildman–Crippen LogP) is 3.97. The van der Waals surface area contributed by atoms with Crippen molar-refractivity contribution in [3.63, 3.8) is 0 Å². The van der Waals surface area contributed by atoms with Crippen molar-refractivity contribution in [3.8, 4) is 0 Å². The third kappa shape index (κ3) is 8.57. The van der Waals surface area contributed by atoms with Gasteiger partial charge in [-0.3, -0.25) is 4.79 Å². The molecule has 140 valence electrons. The highest BCUT2D eigenvalue weighted by Gasteiger charge is 2.30. The maximum absolute atomic E-state index is 11.8. The quantitative estimate of drug-likeness (QED) is 0.707. The van der Waals surface area contributed by atoms with Gasteiger partial charge in [0, 0.05) is 25.2 Å². The van der Waals surface area contributed by atoms with E-state index in [1.165, 1.54) is 0 Å². The minimum absolute atomic E-state index is 0.0786. The Morgan fingerprint density at radius 2 is 1.88 bits per heavy atom. The van der Waals surface area contributed by atoms with Crippen molar-refractivity contribution in [1.82, 2.24) is 10.2 Å². The van der Waals surface area contributed by atoms with Gasteiger partial charge in [-0.2, -0.15) is 0 Å². The second-order valence-electron chi connectivity index (χ2n) is 7.55. The average molecular weight is 348 g/mol. The molecule has 1 amide bonds. The molecule has 1 saturated heterocycles. The Bertz CT molecular complexity index is 562. The highest BCUT2D eigenvalue weighted by atomic mass is 16.6. The number of likely N-dealkylation sites (tertiary alicyclic amines) is 1. The van der Waals surface area contributed by atoms with Crippen LogP contribution in [-0.2, 0) is 9.53 Å². The van der Waals surface area contributed by atoms with Gasteiger partial charge in [-0.05, 0) is 53.2 Å². The SMILES string of the molecule is CC/C=C/C=C(\C=C(/C)CC(C)=O)N1CC(NC(=O)OC(C)(C)C)C1. The van der Waals surface area contributed by atoms with Crippen molar-refractivity contribution in [3.05, 3.63) is 35.6 Å². The predicted molar refractivity (Wildman–Crippen MR) is 101 cm³/mol. The molecule has 0 saturated carbocycles. The molecule has 25 heavy (non-hydrogen) atoms. The van der Waals surface area contributed by atoms with Crippen LogP contribution in [0.25, 0.3) is 0 Å². The molecule has 1 rings (SSSR count). The summed E-state index contributed by atoms with van der Waals surface area (Å²) in [5, 5.41) is 2.89. The number of ketones is 1. The standard InChI is InChI=1S/C20H32N2O3/c1-7-8-9-10-18(12-15(2)11-16(3)23)22-13-17(14-22)21-19(24)25-20(4,5)6/h8-10,12,17H,7,11,13-14H2,1-6H3,(H,21,24)/b9-8+,15-12+,18-10+. The van der Waals surface area contributed by atoms with Crippen molar-refractivity contribution >= 4 is 11.9 Å². The van der Waals surface area contributed by atoms with Gasteiger partial charge in [0.25, 0.3) is 0 Å². The molecule has 1 aliphatic heterocycles. The van der Waals surface area contributed by atoms with E-state index in [1.807, 2.05) is 39.8 Å². The summed E-state index contributed by atoms with van der Waals surface area (Å²) in [7, 11) is 0. The zero-order valence-electron chi connectivity index (χ0n) is 16.4. The van der Waals surface area contributed by atoms with Crippen molar-refractivity contribution in [2.24, 2.45) is 0 Å². The number of nitrogens with zero attached hydrogens (tertiary/aromatic N) is 1. The Hall–Kier alpha value is -2.04. The van der Waals surface area contributed by atoms with Crippen LogP contribution in [0.2, 0.25) is 0 Å². The van der Waals surface area contributed by atoms with Crippen LogP contribution >= 0.6 is 0 Å². The fourth-order valence-electron chi connectivity index (χ4n) is 2.50. The van der Waals surface area contributed by atoms with E-state index >= 15 is 0 Å². The Kier molecular flexibility index (Phi) is 7.94. The molecule has 0 atom stereocenters. The molecule has 1 aliphatic rings. The Morgan fingerprint density at radius 3 is 2.40 bits per heavy atom. The number of allylic oxidation sites excluding steroid dienone is 5. The van der Waals surface area contributed by atoms with Crippen LogP contribution in [0.4, 0.5) is 4.79 Å². The second kappa shape index (κ2) is 9.44. The summed E-state index contributed by atoms with van der Waals surface area (Å²) in [5.74, 6) is 0.158. The zero-order valence-corrected chi connectivity index (χ0v) is 16.4. The number of carbonyl (C=O) groups excluding carboxylic acids is 2. The van der Waals surface area contributed by atoms with Gasteiger partial charge in [-0.15, -0.1) is 0 Å². The molecule has 0 unspecified atom stereocenters. The topological polar surface area (TPSA) is 58.6 Å². The van der Waals surface area contributed by atoms with E-state index in [9.17, 15) is 9.59 Å². The van der Waals surface area contributed by atoms with Crippen LogP contribution in [0.1, 0.15) is 54.4 Å². The minimum Gasteiger partial charge on any atom is -0.444 e. The summed E-state index contributed by atoms with van der Waals surface area (Å²) in [6, 6.07) is 0.0786. The summed E-state index contributed by atoms with van der Waals surface area (Å²) < 4.78 is 5.28. The number of nitrogens with one attached hydrogen (secondary N) is 1. The highest BCUT2D eigenvalue weighted by Crippen LogP contribution is 2.20. The van der Waals surface area contributed by atoms with E-state index in [0.717, 1.165) is 30.8 Å². The number of Topliss-reactive ketones (excluding diaryl/α,β-unsaturated/α-hetero) is 1. The number of amides is 1. The van der Waals surface area contributed by atoms with Crippen molar-refractivity contribution < 1.29 is 14.3 Å². The van der Waals surface area contributed by atoms with Crippen LogP contribution in [-0.4, -0.2) is 41.5 Å². The van der Waals surface area contributed by atoms with E-state index in [4.69, 9.17) is 4.74 Å². The number of carbonyl (C=O) groups is 2. The number of hydrogen-bond acceptors (Lipinski definition) is 4. The lowest BCUT2D eigenvalue weighted by Gasteiger charge is -2.42. The van der Waals surface area contributed by atoms with E-state index in [1.54, 1.807) is 6.92 Å². The minimum atomic E-state index is -0.490. The highest BCUT2D eigenvalue weighted by molar-refractivity contribution is 5.78. The first-order valence-corrected chi connectivity index (χ1v) is 8.88. The second-order valence-corrected chi connectivity index (χ2v) is 7.55. The van der Waals surface area contributed by atoms with Crippen molar-refractivity contribution in [2.75, 3.05) is 13.1 Å². The van der Waals surface area contributed by atoms with Crippen LogP contribution in [0.5, 0.6) is 0 Å². The summed E-state index contributed by atoms with van der Waals surface area (Å²) in [6.07, 6.45) is 9.27. The number of hydrogen-bond donors (Lipinski definition) is 1. The summed E-state index contributed by atoms with van der Waals surface area (Å²) in [6.45, 7) is 12.7. The van der Waals surface area contributed by atoms with E-state index in [-0.39, 0.29) is 17.9 Å². The fraction of sp³-hybridized carbons (Fsp3) is 0.600. The Balaban J connectivity index is 2.65. The molecular formula is C20H32N2O3. The molecule has 1 heterocycles. The monoisotopic (exact) mass is 348 g/mol. The number of ether oxygens (including phenoxy) is 1. The third-order valence-electron chi connectivity index (χ3n) is 3.53. The van der Waals surface area contributed by atoms with Gasteiger partial charge in [-0.1, -0.05) is 24.6 Å². The number of rotatable bonds is 7. The van der Waals surface area contributed by atoms with Gasteiger partial charge < -0.3 is 15.0 Å². The molecule has 1 fully saturated rings. The van der Waals surface area contributed by atoms with Gasteiger partial charge >= 0.3 is 6.09 Å². The molecule has 0 bridgehead atoms. The van der Waals surface area contributed by atoms with E-state index < -0.39 is 5.60 Å². The maximum Gasteiger partial charge on any atom is 0.407 e. The van der Waals surface area contributed by atoms with Gasteiger partial charge in [0.15, 0.2) is 0 Å². The van der Waals surface area contributed by atoms with Gasteiger partial charge in [-0.25, -0.2) is 4.79 Å². The fourth-order valence-corrected chi connectivity index (χ4v) is 2.50. The lowest BCUT2D eigenvalue weighted by Crippen LogP contribution is -2.59. The van der Waals surface area contributed by atoms with Crippen LogP contribution in [0.15, 0.2) is 35.6 Å². The molecule has 0 aliphatic carbocycles. The Labute approximate surface area is 151 Å². The molecule has 0 radical (unpaired) electrons. The molecule has 0 aromatic rings. The molecule has 0 spiro atoms. The Morgan fingerprint density at radius 1 is 1.24 bits per heavy atom. The first-order chi connectivity index (χ1) is 11.6. The van der Waals surface area contributed by atoms with E-state index in [2.05, 4.69) is 29.3 Å². The lowest BCUT2D eigenvalue weighted by atomic mass is 10.0. The van der Waals surface area contributed by atoms with Gasteiger partial charge in [0.1, 0.15) is 11.4 Å². The van der Waals surface area contributed by atoms with Crippen LogP contribution in [0.3, 0.4) is 0 Å². The first-order valence-electron chi connectivity index (χ1n) is 8.88. The zero-order chi connectivity index (χ0) is 19.0. The largest absolute Gasteiger partial charge is 0.444 e. The van der Waals surface area contributed by atoms with Crippen molar-refractivity contribution in [2.45, 2.75) is 66.0 Å². The molecule has 0 aromatic carbocycles. The normalized spacial score (nSPS) is 16.8. The molecule has 1 N–H and O–H groups in total. The van der Waals surface area contributed by atoms with Gasteiger partial charge in [0.2, 0.25) is 0 Å². The third-order valence-corrected chi connectivity index (χ3v) is 3.53. The molecule has 0 aromatic heterocycles. The lowest BCUT2D eigenvalue weighted by molar-refractivity contribution is -0.116. The average Bonchev–Trinajstić information content (AvgIpc) is 2.38. The smallest absolute Gasteiger partial charge is 0.407 e.